The summed E-state index contributed by atoms with van der Waals surface area (Å²) in [6.07, 6.45) is 2.60. The van der Waals surface area contributed by atoms with Crippen LogP contribution in [0.5, 0.6) is 0 Å². The summed E-state index contributed by atoms with van der Waals surface area (Å²) in [6.45, 7) is 5.09. The topological polar surface area (TPSA) is 74.2 Å². The third-order valence-corrected chi connectivity index (χ3v) is 5.54. The first-order chi connectivity index (χ1) is 13.9. The third-order valence-electron chi connectivity index (χ3n) is 5.54. The molecule has 3 aromatic rings. The number of hydrogen-bond acceptors (Lipinski definition) is 4. The van der Waals surface area contributed by atoms with Gasteiger partial charge in [0, 0.05) is 17.6 Å². The van der Waals surface area contributed by atoms with E-state index in [9.17, 15) is 9.90 Å². The molecule has 2 heterocycles. The van der Waals surface area contributed by atoms with Gasteiger partial charge < -0.3 is 15.7 Å². The number of fused-ring (bicyclic) bond motifs is 1. The van der Waals surface area contributed by atoms with Gasteiger partial charge in [0.15, 0.2) is 0 Å². The lowest BCUT2D eigenvalue weighted by molar-refractivity contribution is 0.0696. The van der Waals surface area contributed by atoms with Gasteiger partial charge in [0.1, 0.15) is 0 Å². The van der Waals surface area contributed by atoms with Crippen LogP contribution in [-0.4, -0.2) is 16.1 Å². The number of carboxylic acids is 1. The van der Waals surface area contributed by atoms with Gasteiger partial charge in [0.25, 0.3) is 0 Å². The Morgan fingerprint density at radius 3 is 2.72 bits per heavy atom. The number of carbonyl (C=O) groups is 1. The molecule has 148 valence electrons. The highest BCUT2D eigenvalue weighted by atomic mass is 16.4. The van der Waals surface area contributed by atoms with E-state index in [0.717, 1.165) is 29.1 Å². The zero-order chi connectivity index (χ0) is 20.4. The molecule has 1 aliphatic heterocycles. The molecule has 0 bridgehead atoms. The second-order valence-corrected chi connectivity index (χ2v) is 8.18. The second-order valence-electron chi connectivity index (χ2n) is 8.18. The van der Waals surface area contributed by atoms with Crippen molar-refractivity contribution in [1.82, 2.24) is 4.98 Å². The predicted octanol–water partition coefficient (Wildman–Crippen LogP) is 5.13. The van der Waals surface area contributed by atoms with E-state index in [1.54, 1.807) is 18.3 Å². The Morgan fingerprint density at radius 2 is 1.97 bits per heavy atom. The van der Waals surface area contributed by atoms with Crippen LogP contribution in [-0.2, 0) is 13.0 Å². The van der Waals surface area contributed by atoms with Crippen LogP contribution >= 0.6 is 0 Å². The van der Waals surface area contributed by atoms with Gasteiger partial charge in [-0.15, -0.1) is 0 Å². The van der Waals surface area contributed by atoms with Gasteiger partial charge in [-0.1, -0.05) is 38.1 Å². The highest BCUT2D eigenvalue weighted by Crippen LogP contribution is 2.46. The van der Waals surface area contributed by atoms with Gasteiger partial charge in [-0.2, -0.15) is 0 Å². The fourth-order valence-corrected chi connectivity index (χ4v) is 4.05. The first-order valence-corrected chi connectivity index (χ1v) is 9.79. The fraction of sp³-hybridized carbons (Fsp3) is 0.250. The summed E-state index contributed by atoms with van der Waals surface area (Å²) in [7, 11) is 0. The maximum Gasteiger partial charge on any atom is 0.335 e. The summed E-state index contributed by atoms with van der Waals surface area (Å²) in [6, 6.07) is 19.7. The van der Waals surface area contributed by atoms with Crippen molar-refractivity contribution < 1.29 is 9.90 Å². The van der Waals surface area contributed by atoms with Gasteiger partial charge in [-0.05, 0) is 59.4 Å². The van der Waals surface area contributed by atoms with Crippen LogP contribution < -0.4 is 10.6 Å². The highest BCUT2D eigenvalue weighted by Gasteiger charge is 2.37. The number of para-hydroxylation sites is 1. The molecule has 1 aromatic heterocycles. The summed E-state index contributed by atoms with van der Waals surface area (Å²) >= 11 is 0. The van der Waals surface area contributed by atoms with Crippen molar-refractivity contribution in [3.05, 3.63) is 89.2 Å². The minimum atomic E-state index is -0.892. The molecule has 4 rings (SSSR count). The predicted molar refractivity (Wildman–Crippen MR) is 115 cm³/mol. The number of anilines is 2. The van der Waals surface area contributed by atoms with Crippen LogP contribution in [0.3, 0.4) is 0 Å². The standard InChI is InChI=1S/C24H25N3O2/c1-24(2)14-17-13-16(23(28)29)10-11-20(17)27-22(24)19-8-3-4-9-21(19)26-15-18-7-5-6-12-25-18/h3-13,22,26-27H,14-15H2,1-2H3,(H,28,29). The first kappa shape index (κ1) is 19.0. The van der Waals surface area contributed by atoms with E-state index in [4.69, 9.17) is 0 Å². The molecule has 5 heteroatoms. The van der Waals surface area contributed by atoms with E-state index in [0.29, 0.717) is 12.1 Å². The molecule has 3 N–H and O–H groups in total. The molecule has 0 radical (unpaired) electrons. The molecule has 1 unspecified atom stereocenters. The quantitative estimate of drug-likeness (QED) is 0.566. The second kappa shape index (κ2) is 7.59. The summed E-state index contributed by atoms with van der Waals surface area (Å²) in [5.41, 5.74) is 5.55. The van der Waals surface area contributed by atoms with Crippen LogP contribution in [0.4, 0.5) is 11.4 Å². The van der Waals surface area contributed by atoms with E-state index in [-0.39, 0.29) is 11.5 Å². The third kappa shape index (κ3) is 3.94. The van der Waals surface area contributed by atoms with Crippen LogP contribution in [0.2, 0.25) is 0 Å². The molecule has 1 aliphatic rings. The Bertz CT molecular complexity index is 1030. The molecular formula is C24H25N3O2. The molecule has 0 spiro atoms. The molecule has 0 amide bonds. The molecular weight excluding hydrogens is 362 g/mol. The number of aromatic nitrogens is 1. The molecule has 2 aromatic carbocycles. The van der Waals surface area contributed by atoms with Gasteiger partial charge in [-0.3, -0.25) is 4.98 Å². The van der Waals surface area contributed by atoms with E-state index >= 15 is 0 Å². The average Bonchev–Trinajstić information content (AvgIpc) is 2.71. The van der Waals surface area contributed by atoms with Crippen molar-refractivity contribution in [3.8, 4) is 0 Å². The maximum atomic E-state index is 11.3. The van der Waals surface area contributed by atoms with Crippen molar-refractivity contribution in [1.29, 1.82) is 0 Å². The Labute approximate surface area is 170 Å². The van der Waals surface area contributed by atoms with Crippen LogP contribution in [0.1, 0.15) is 47.1 Å². The Balaban J connectivity index is 1.63. The summed E-state index contributed by atoms with van der Waals surface area (Å²) in [5, 5.41) is 16.5. The van der Waals surface area contributed by atoms with E-state index < -0.39 is 5.97 Å². The SMILES string of the molecule is CC1(C)Cc2cc(C(=O)O)ccc2NC1c1ccccc1NCc1ccccn1. The van der Waals surface area contributed by atoms with Crippen LogP contribution in [0.15, 0.2) is 66.9 Å². The molecule has 0 saturated carbocycles. The Hall–Kier alpha value is -3.34. The molecule has 29 heavy (non-hydrogen) atoms. The zero-order valence-corrected chi connectivity index (χ0v) is 16.6. The van der Waals surface area contributed by atoms with Crippen molar-refractivity contribution in [2.75, 3.05) is 10.6 Å². The monoisotopic (exact) mass is 387 g/mol. The van der Waals surface area contributed by atoms with Crippen molar-refractivity contribution in [3.63, 3.8) is 0 Å². The number of benzene rings is 2. The van der Waals surface area contributed by atoms with Crippen LogP contribution in [0.25, 0.3) is 0 Å². The minimum Gasteiger partial charge on any atom is -0.478 e. The van der Waals surface area contributed by atoms with Gasteiger partial charge >= 0.3 is 5.97 Å². The maximum absolute atomic E-state index is 11.3. The normalized spacial score (nSPS) is 17.1. The smallest absolute Gasteiger partial charge is 0.335 e. The lowest BCUT2D eigenvalue weighted by Crippen LogP contribution is -2.35. The van der Waals surface area contributed by atoms with Crippen molar-refractivity contribution >= 4 is 17.3 Å². The molecule has 0 fully saturated rings. The number of hydrogen-bond donors (Lipinski definition) is 3. The zero-order valence-electron chi connectivity index (χ0n) is 16.6. The first-order valence-electron chi connectivity index (χ1n) is 9.79. The largest absolute Gasteiger partial charge is 0.478 e. The summed E-state index contributed by atoms with van der Waals surface area (Å²) in [4.78, 5) is 15.7. The Kier molecular flexibility index (Phi) is 4.97. The number of rotatable bonds is 5. The van der Waals surface area contributed by atoms with Gasteiger partial charge in [0.2, 0.25) is 0 Å². The number of nitrogens with zero attached hydrogens (tertiary/aromatic N) is 1. The number of aromatic carboxylic acids is 1. The van der Waals surface area contributed by atoms with E-state index in [1.807, 2.05) is 30.3 Å². The lowest BCUT2D eigenvalue weighted by atomic mass is 9.72. The van der Waals surface area contributed by atoms with Gasteiger partial charge in [0.05, 0.1) is 23.8 Å². The molecule has 0 aliphatic carbocycles. The van der Waals surface area contributed by atoms with Crippen molar-refractivity contribution in [2.45, 2.75) is 32.9 Å². The van der Waals surface area contributed by atoms with Gasteiger partial charge in [-0.25, -0.2) is 4.79 Å². The molecule has 5 nitrogen and oxygen atoms in total. The lowest BCUT2D eigenvalue weighted by Gasteiger charge is -2.42. The Morgan fingerprint density at radius 1 is 1.17 bits per heavy atom. The summed E-state index contributed by atoms with van der Waals surface area (Å²) in [5.74, 6) is -0.892. The van der Waals surface area contributed by atoms with E-state index in [2.05, 4.69) is 47.7 Å². The fourth-order valence-electron chi connectivity index (χ4n) is 4.05. The average molecular weight is 387 g/mol. The summed E-state index contributed by atoms with van der Waals surface area (Å²) < 4.78 is 0. The number of carboxylic acid groups (broad SMARTS) is 1. The number of nitrogens with one attached hydrogen (secondary N) is 2. The molecule has 1 atom stereocenters. The number of pyridine rings is 1. The van der Waals surface area contributed by atoms with E-state index in [1.165, 1.54) is 5.56 Å². The highest BCUT2D eigenvalue weighted by molar-refractivity contribution is 5.88. The van der Waals surface area contributed by atoms with Crippen molar-refractivity contribution in [2.24, 2.45) is 5.41 Å². The van der Waals surface area contributed by atoms with Crippen LogP contribution in [0, 0.1) is 5.41 Å². The molecule has 0 saturated heterocycles. The minimum absolute atomic E-state index is 0.0904.